The molecule has 1 atom stereocenters. The molecule has 2 rings (SSSR count). The zero-order chi connectivity index (χ0) is 14.4. The number of nitrogens with one attached hydrogen (secondary N) is 1. The lowest BCUT2D eigenvalue weighted by Crippen LogP contribution is -2.32. The summed E-state index contributed by atoms with van der Waals surface area (Å²) < 4.78 is 0. The number of hydrogen-bond donors (Lipinski definition) is 1. The van der Waals surface area contributed by atoms with Crippen molar-refractivity contribution in [2.75, 3.05) is 13.1 Å². The van der Waals surface area contributed by atoms with Crippen LogP contribution in [0.3, 0.4) is 0 Å². The molecule has 0 spiro atoms. The molecule has 3 heteroatoms. The zero-order valence-electron chi connectivity index (χ0n) is 12.7. The Labute approximate surface area is 122 Å². The van der Waals surface area contributed by atoms with Crippen molar-refractivity contribution < 1.29 is 4.79 Å². The number of carbonyl (C=O) groups excluding carboxylic acids is 1. The lowest BCUT2D eigenvalue weighted by molar-refractivity contribution is 0.0938. The number of benzene rings is 1. The molecule has 1 fully saturated rings. The van der Waals surface area contributed by atoms with E-state index >= 15 is 0 Å². The molecule has 1 aliphatic rings. The molecule has 1 N–H and O–H groups in total. The molecule has 0 unspecified atom stereocenters. The van der Waals surface area contributed by atoms with Crippen molar-refractivity contribution in [3.8, 4) is 0 Å². The van der Waals surface area contributed by atoms with E-state index in [0.29, 0.717) is 0 Å². The van der Waals surface area contributed by atoms with Crippen LogP contribution in [0.1, 0.15) is 55.5 Å². The van der Waals surface area contributed by atoms with E-state index in [2.05, 4.69) is 36.2 Å². The van der Waals surface area contributed by atoms with Gasteiger partial charge in [-0.05, 0) is 57.0 Å². The second-order valence-electron chi connectivity index (χ2n) is 5.84. The molecule has 1 aromatic carbocycles. The van der Waals surface area contributed by atoms with Crippen molar-refractivity contribution in [1.29, 1.82) is 0 Å². The van der Waals surface area contributed by atoms with Gasteiger partial charge < -0.3 is 5.32 Å². The predicted molar refractivity (Wildman–Crippen MR) is 82.8 cm³/mol. The molecule has 20 heavy (non-hydrogen) atoms. The van der Waals surface area contributed by atoms with Crippen molar-refractivity contribution in [3.63, 3.8) is 0 Å². The first kappa shape index (κ1) is 15.0. The summed E-state index contributed by atoms with van der Waals surface area (Å²) in [4.78, 5) is 14.5. The van der Waals surface area contributed by atoms with Crippen molar-refractivity contribution in [3.05, 3.63) is 35.4 Å². The van der Waals surface area contributed by atoms with Crippen LogP contribution < -0.4 is 5.32 Å². The van der Waals surface area contributed by atoms with Gasteiger partial charge >= 0.3 is 0 Å². The highest BCUT2D eigenvalue weighted by atomic mass is 16.1. The van der Waals surface area contributed by atoms with Crippen LogP contribution in [0.2, 0.25) is 0 Å². The summed E-state index contributed by atoms with van der Waals surface area (Å²) in [5.41, 5.74) is 2.06. The summed E-state index contributed by atoms with van der Waals surface area (Å²) in [6, 6.07) is 8.30. The van der Waals surface area contributed by atoms with E-state index in [0.717, 1.165) is 24.9 Å². The van der Waals surface area contributed by atoms with E-state index in [4.69, 9.17) is 0 Å². The SMILES string of the molecule is CCC[C@@H](C)NC(=O)c1ccc(CN2CCCC2)cc1. The highest BCUT2D eigenvalue weighted by molar-refractivity contribution is 5.94. The van der Waals surface area contributed by atoms with Crippen LogP contribution in [-0.2, 0) is 6.54 Å². The van der Waals surface area contributed by atoms with E-state index in [1.54, 1.807) is 0 Å². The molecule has 110 valence electrons. The van der Waals surface area contributed by atoms with E-state index in [9.17, 15) is 4.79 Å². The van der Waals surface area contributed by atoms with Crippen LogP contribution in [0.15, 0.2) is 24.3 Å². The largest absolute Gasteiger partial charge is 0.350 e. The number of rotatable bonds is 6. The average Bonchev–Trinajstić information content (AvgIpc) is 2.92. The van der Waals surface area contributed by atoms with Crippen LogP contribution in [0.5, 0.6) is 0 Å². The summed E-state index contributed by atoms with van der Waals surface area (Å²) in [7, 11) is 0. The number of amides is 1. The van der Waals surface area contributed by atoms with Gasteiger partial charge in [0.1, 0.15) is 0 Å². The summed E-state index contributed by atoms with van der Waals surface area (Å²) in [5, 5.41) is 3.04. The van der Waals surface area contributed by atoms with Crippen molar-refractivity contribution in [1.82, 2.24) is 10.2 Å². The third kappa shape index (κ3) is 4.34. The highest BCUT2D eigenvalue weighted by Gasteiger charge is 2.12. The van der Waals surface area contributed by atoms with E-state index in [1.165, 1.54) is 31.5 Å². The molecule has 0 aromatic heterocycles. The standard InChI is InChI=1S/C17H26N2O/c1-3-6-14(2)18-17(20)16-9-7-15(8-10-16)13-19-11-4-5-12-19/h7-10,14H,3-6,11-13H2,1-2H3,(H,18,20)/t14-/m1/s1. The maximum Gasteiger partial charge on any atom is 0.251 e. The third-order valence-electron chi connectivity index (χ3n) is 3.92. The van der Waals surface area contributed by atoms with E-state index in [1.807, 2.05) is 12.1 Å². The Kier molecular flexibility index (Phi) is 5.60. The first-order valence-electron chi connectivity index (χ1n) is 7.81. The van der Waals surface area contributed by atoms with Gasteiger partial charge in [-0.1, -0.05) is 25.5 Å². The molecule has 1 aromatic rings. The maximum atomic E-state index is 12.1. The Hall–Kier alpha value is -1.35. The molecule has 0 saturated carbocycles. The summed E-state index contributed by atoms with van der Waals surface area (Å²) >= 11 is 0. The number of carbonyl (C=O) groups is 1. The van der Waals surface area contributed by atoms with E-state index < -0.39 is 0 Å². The van der Waals surface area contributed by atoms with Gasteiger partial charge in [-0.2, -0.15) is 0 Å². The Balaban J connectivity index is 1.88. The number of nitrogens with zero attached hydrogens (tertiary/aromatic N) is 1. The van der Waals surface area contributed by atoms with Crippen molar-refractivity contribution in [2.24, 2.45) is 0 Å². The minimum Gasteiger partial charge on any atom is -0.350 e. The van der Waals surface area contributed by atoms with Crippen LogP contribution in [0, 0.1) is 0 Å². The monoisotopic (exact) mass is 274 g/mol. The van der Waals surface area contributed by atoms with Gasteiger partial charge in [0, 0.05) is 18.2 Å². The first-order valence-corrected chi connectivity index (χ1v) is 7.81. The molecular weight excluding hydrogens is 248 g/mol. The molecular formula is C17H26N2O. The van der Waals surface area contributed by atoms with Crippen molar-refractivity contribution in [2.45, 2.75) is 52.1 Å². The molecule has 1 amide bonds. The Morgan fingerprint density at radius 3 is 2.50 bits per heavy atom. The van der Waals surface area contributed by atoms with Crippen LogP contribution in [0.4, 0.5) is 0 Å². The van der Waals surface area contributed by atoms with E-state index in [-0.39, 0.29) is 11.9 Å². The summed E-state index contributed by atoms with van der Waals surface area (Å²) in [6.07, 6.45) is 4.75. The third-order valence-corrected chi connectivity index (χ3v) is 3.92. The molecule has 1 aliphatic heterocycles. The molecule has 1 saturated heterocycles. The molecule has 0 aliphatic carbocycles. The van der Waals surface area contributed by atoms with Gasteiger partial charge in [-0.3, -0.25) is 9.69 Å². The minimum atomic E-state index is 0.0404. The topological polar surface area (TPSA) is 32.3 Å². The normalized spacial score (nSPS) is 17.1. The summed E-state index contributed by atoms with van der Waals surface area (Å²) in [5.74, 6) is 0.0404. The summed E-state index contributed by atoms with van der Waals surface area (Å²) in [6.45, 7) is 7.61. The number of likely N-dealkylation sites (tertiary alicyclic amines) is 1. The lowest BCUT2D eigenvalue weighted by atomic mass is 10.1. The smallest absolute Gasteiger partial charge is 0.251 e. The van der Waals surface area contributed by atoms with Crippen molar-refractivity contribution >= 4 is 5.91 Å². The zero-order valence-corrected chi connectivity index (χ0v) is 12.7. The molecule has 1 heterocycles. The Bertz CT molecular complexity index is 421. The minimum absolute atomic E-state index is 0.0404. The fourth-order valence-corrected chi connectivity index (χ4v) is 2.77. The lowest BCUT2D eigenvalue weighted by Gasteiger charge is -2.15. The van der Waals surface area contributed by atoms with Gasteiger partial charge in [-0.25, -0.2) is 0 Å². The Morgan fingerprint density at radius 2 is 1.90 bits per heavy atom. The van der Waals surface area contributed by atoms with Gasteiger partial charge in [0.2, 0.25) is 0 Å². The molecule has 3 nitrogen and oxygen atoms in total. The maximum absolute atomic E-state index is 12.1. The van der Waals surface area contributed by atoms with Crippen LogP contribution in [-0.4, -0.2) is 29.9 Å². The highest BCUT2D eigenvalue weighted by Crippen LogP contribution is 2.13. The molecule has 0 bridgehead atoms. The van der Waals surface area contributed by atoms with Gasteiger partial charge in [0.15, 0.2) is 0 Å². The second-order valence-corrected chi connectivity index (χ2v) is 5.84. The Morgan fingerprint density at radius 1 is 1.25 bits per heavy atom. The van der Waals surface area contributed by atoms with Crippen LogP contribution >= 0.6 is 0 Å². The first-order chi connectivity index (χ1) is 9.69. The fourth-order valence-electron chi connectivity index (χ4n) is 2.77. The van der Waals surface area contributed by atoms with Gasteiger partial charge in [-0.15, -0.1) is 0 Å². The van der Waals surface area contributed by atoms with Gasteiger partial charge in [0.25, 0.3) is 5.91 Å². The average molecular weight is 274 g/mol. The quantitative estimate of drug-likeness (QED) is 0.864. The van der Waals surface area contributed by atoms with Crippen LogP contribution in [0.25, 0.3) is 0 Å². The molecule has 0 radical (unpaired) electrons. The van der Waals surface area contributed by atoms with Gasteiger partial charge in [0.05, 0.1) is 0 Å². The fraction of sp³-hybridized carbons (Fsp3) is 0.588. The number of hydrogen-bond acceptors (Lipinski definition) is 2. The predicted octanol–water partition coefficient (Wildman–Crippen LogP) is 3.20. The second kappa shape index (κ2) is 7.44.